The first-order valence-corrected chi connectivity index (χ1v) is 10.9. The van der Waals surface area contributed by atoms with E-state index in [4.69, 9.17) is 20.6 Å². The molecule has 0 amide bonds. The van der Waals surface area contributed by atoms with E-state index in [0.29, 0.717) is 0 Å². The first-order valence-electron chi connectivity index (χ1n) is 10.9. The van der Waals surface area contributed by atoms with Crippen LogP contribution in [0.2, 0.25) is 0 Å². The molecule has 0 atom stereocenters. The molecule has 2 aromatic heterocycles. The highest BCUT2D eigenvalue weighted by Crippen LogP contribution is 2.28. The van der Waals surface area contributed by atoms with Crippen molar-refractivity contribution in [3.05, 3.63) is 53.0 Å². The number of anilines is 2. The van der Waals surface area contributed by atoms with E-state index in [1.807, 2.05) is 42.2 Å². The van der Waals surface area contributed by atoms with E-state index >= 15 is 0 Å². The first-order chi connectivity index (χ1) is 15.1. The second-order valence-corrected chi connectivity index (χ2v) is 8.36. The van der Waals surface area contributed by atoms with Gasteiger partial charge in [-0.1, -0.05) is 0 Å². The van der Waals surface area contributed by atoms with Gasteiger partial charge < -0.3 is 15.4 Å². The molecular formula is C23H29N7O. The van der Waals surface area contributed by atoms with Crippen LogP contribution < -0.4 is 10.6 Å². The molecule has 8 heteroatoms. The average molecular weight is 420 g/mol. The summed E-state index contributed by atoms with van der Waals surface area (Å²) in [6.45, 7) is 8.19. The molecule has 1 saturated heterocycles. The molecule has 2 aliphatic heterocycles. The lowest BCUT2D eigenvalue weighted by molar-refractivity contribution is 0.122. The topological polar surface area (TPSA) is 85.3 Å². The molecule has 162 valence electrons. The average Bonchev–Trinajstić information content (AvgIpc) is 3.07. The molecule has 2 N–H and O–H groups in total. The molecule has 4 heterocycles. The van der Waals surface area contributed by atoms with E-state index in [-0.39, 0.29) is 0 Å². The van der Waals surface area contributed by atoms with Crippen molar-refractivity contribution < 1.29 is 4.74 Å². The van der Waals surface area contributed by atoms with Crippen molar-refractivity contribution >= 4 is 11.5 Å². The number of hydrogen-bond donors (Lipinski definition) is 1. The Bertz CT molecular complexity index is 1070. The number of hydrogen-bond acceptors (Lipinski definition) is 7. The number of nitrogens with two attached hydrogens (primary N) is 1. The highest BCUT2D eigenvalue weighted by molar-refractivity contribution is 5.59. The highest BCUT2D eigenvalue weighted by Gasteiger charge is 2.25. The van der Waals surface area contributed by atoms with Crippen molar-refractivity contribution in [3.63, 3.8) is 0 Å². The Labute approximate surface area is 182 Å². The smallest absolute Gasteiger partial charge is 0.159 e. The van der Waals surface area contributed by atoms with Gasteiger partial charge in [-0.05, 0) is 31.2 Å². The molecule has 0 saturated carbocycles. The number of aryl methyl sites for hydroxylation is 2. The summed E-state index contributed by atoms with van der Waals surface area (Å²) in [5.74, 6) is 1.99. The Kier molecular flexibility index (Phi) is 5.33. The van der Waals surface area contributed by atoms with Gasteiger partial charge in [-0.15, -0.1) is 0 Å². The van der Waals surface area contributed by atoms with Gasteiger partial charge in [0.15, 0.2) is 5.82 Å². The van der Waals surface area contributed by atoms with E-state index in [1.54, 1.807) is 0 Å². The molecule has 31 heavy (non-hydrogen) atoms. The standard InChI is InChI=1S/C23H29N7O/c1-16-20(23(28(2)27-16)30-9-11-31-12-10-30)15-29-8-7-21-18(14-29)13-25-22(26-21)17-3-5-19(24)6-4-17/h3-6,13H,7-12,14-15,24H2,1-2H3. The van der Waals surface area contributed by atoms with Gasteiger partial charge in [-0.25, -0.2) is 9.97 Å². The van der Waals surface area contributed by atoms with Crippen LogP contribution in [-0.2, 0) is 31.3 Å². The molecule has 0 unspecified atom stereocenters. The Morgan fingerprint density at radius 1 is 1.10 bits per heavy atom. The third-order valence-electron chi connectivity index (χ3n) is 6.19. The summed E-state index contributed by atoms with van der Waals surface area (Å²) in [5.41, 5.74) is 12.3. The minimum absolute atomic E-state index is 0.750. The van der Waals surface area contributed by atoms with Gasteiger partial charge in [0.25, 0.3) is 0 Å². The van der Waals surface area contributed by atoms with E-state index in [9.17, 15) is 0 Å². The second-order valence-electron chi connectivity index (χ2n) is 8.36. The molecule has 5 rings (SSSR count). The van der Waals surface area contributed by atoms with Crippen molar-refractivity contribution in [2.24, 2.45) is 7.05 Å². The molecule has 3 aromatic rings. The Hall–Kier alpha value is -2.97. The molecule has 1 fully saturated rings. The number of ether oxygens (including phenoxy) is 1. The predicted molar refractivity (Wildman–Crippen MR) is 121 cm³/mol. The molecular weight excluding hydrogens is 390 g/mol. The fourth-order valence-corrected chi connectivity index (χ4v) is 4.55. The highest BCUT2D eigenvalue weighted by atomic mass is 16.5. The zero-order chi connectivity index (χ0) is 21.4. The van der Waals surface area contributed by atoms with E-state index in [2.05, 4.69) is 21.7 Å². The fourth-order valence-electron chi connectivity index (χ4n) is 4.55. The maximum absolute atomic E-state index is 5.80. The SMILES string of the molecule is Cc1nn(C)c(N2CCOCC2)c1CN1CCc2nc(-c3ccc(N)cc3)ncc2C1. The predicted octanol–water partition coefficient (Wildman–Crippen LogP) is 2.16. The summed E-state index contributed by atoms with van der Waals surface area (Å²) in [6.07, 6.45) is 2.91. The second kappa shape index (κ2) is 8.28. The number of benzene rings is 1. The van der Waals surface area contributed by atoms with Gasteiger partial charge in [-0.3, -0.25) is 9.58 Å². The van der Waals surface area contributed by atoms with Gasteiger partial charge in [0.05, 0.1) is 24.6 Å². The zero-order valence-electron chi connectivity index (χ0n) is 18.2. The van der Waals surface area contributed by atoms with Crippen LogP contribution in [0.3, 0.4) is 0 Å². The molecule has 1 aromatic carbocycles. The molecule has 0 bridgehead atoms. The largest absolute Gasteiger partial charge is 0.399 e. The van der Waals surface area contributed by atoms with Crippen LogP contribution in [0.15, 0.2) is 30.5 Å². The minimum Gasteiger partial charge on any atom is -0.399 e. The number of nitrogen functional groups attached to an aromatic ring is 1. The Balaban J connectivity index is 1.34. The van der Waals surface area contributed by atoms with Gasteiger partial charge in [-0.2, -0.15) is 5.10 Å². The minimum atomic E-state index is 0.750. The molecule has 2 aliphatic rings. The van der Waals surface area contributed by atoms with Gasteiger partial charge in [0.2, 0.25) is 0 Å². The van der Waals surface area contributed by atoms with Crippen molar-refractivity contribution in [3.8, 4) is 11.4 Å². The van der Waals surface area contributed by atoms with Crippen LogP contribution in [0.5, 0.6) is 0 Å². The lowest BCUT2D eigenvalue weighted by Crippen LogP contribution is -2.38. The van der Waals surface area contributed by atoms with E-state index in [0.717, 1.165) is 80.8 Å². The molecule has 0 radical (unpaired) electrons. The first kappa shape index (κ1) is 20.0. The van der Waals surface area contributed by atoms with E-state index in [1.165, 1.54) is 16.9 Å². The zero-order valence-corrected chi connectivity index (χ0v) is 18.2. The van der Waals surface area contributed by atoms with Crippen molar-refractivity contribution in [1.29, 1.82) is 0 Å². The van der Waals surface area contributed by atoms with Crippen LogP contribution in [0.4, 0.5) is 11.5 Å². The fraction of sp³-hybridized carbons (Fsp3) is 0.435. The lowest BCUT2D eigenvalue weighted by Gasteiger charge is -2.32. The maximum atomic E-state index is 5.80. The normalized spacial score (nSPS) is 17.0. The summed E-state index contributed by atoms with van der Waals surface area (Å²) < 4.78 is 7.57. The summed E-state index contributed by atoms with van der Waals surface area (Å²) >= 11 is 0. The van der Waals surface area contributed by atoms with Crippen molar-refractivity contribution in [2.45, 2.75) is 26.4 Å². The van der Waals surface area contributed by atoms with Crippen LogP contribution in [0.25, 0.3) is 11.4 Å². The van der Waals surface area contributed by atoms with Crippen LogP contribution >= 0.6 is 0 Å². The van der Waals surface area contributed by atoms with Crippen molar-refractivity contribution in [1.82, 2.24) is 24.6 Å². The van der Waals surface area contributed by atoms with Crippen LogP contribution in [-0.4, -0.2) is 57.5 Å². The number of fused-ring (bicyclic) bond motifs is 1. The van der Waals surface area contributed by atoms with Crippen molar-refractivity contribution in [2.75, 3.05) is 43.5 Å². The van der Waals surface area contributed by atoms with Gasteiger partial charge in [0, 0.05) is 74.8 Å². The Morgan fingerprint density at radius 3 is 2.65 bits per heavy atom. The number of aromatic nitrogens is 4. The maximum Gasteiger partial charge on any atom is 0.159 e. The summed E-state index contributed by atoms with van der Waals surface area (Å²) in [6, 6.07) is 7.74. The third kappa shape index (κ3) is 4.00. The monoisotopic (exact) mass is 419 g/mol. The summed E-state index contributed by atoms with van der Waals surface area (Å²) in [7, 11) is 2.04. The number of morpholine rings is 1. The van der Waals surface area contributed by atoms with Gasteiger partial charge >= 0.3 is 0 Å². The Morgan fingerprint density at radius 2 is 1.87 bits per heavy atom. The molecule has 0 aliphatic carbocycles. The summed E-state index contributed by atoms with van der Waals surface area (Å²) in [4.78, 5) is 14.4. The quantitative estimate of drug-likeness (QED) is 0.649. The van der Waals surface area contributed by atoms with E-state index < -0.39 is 0 Å². The third-order valence-corrected chi connectivity index (χ3v) is 6.19. The number of rotatable bonds is 4. The lowest BCUT2D eigenvalue weighted by atomic mass is 10.1. The van der Waals surface area contributed by atoms with Gasteiger partial charge in [0.1, 0.15) is 5.82 Å². The summed E-state index contributed by atoms with van der Waals surface area (Å²) in [5, 5.41) is 4.72. The number of nitrogens with zero attached hydrogens (tertiary/aromatic N) is 6. The van der Waals surface area contributed by atoms with Crippen LogP contribution in [0.1, 0.15) is 22.5 Å². The molecule has 8 nitrogen and oxygen atoms in total. The van der Waals surface area contributed by atoms with Crippen LogP contribution in [0, 0.1) is 6.92 Å². The molecule has 0 spiro atoms.